The molecule has 0 rings (SSSR count). The van der Waals surface area contributed by atoms with Crippen LogP contribution in [0.25, 0.3) is 0 Å². The third kappa shape index (κ3) is 30.5. The van der Waals surface area contributed by atoms with Crippen LogP contribution >= 0.6 is 0 Å². The Labute approximate surface area is 354 Å². The molecular formula is C44H80ErO8. The summed E-state index contributed by atoms with van der Waals surface area (Å²) in [6.07, 6.45) is 0.250. The summed E-state index contributed by atoms with van der Waals surface area (Å²) in [5, 5.41) is 0. The molecule has 0 atom stereocenters. The molecule has 0 aliphatic rings. The Kier molecular flexibility index (Phi) is 25.7. The fourth-order valence-electron chi connectivity index (χ4n) is 2.70. The van der Waals surface area contributed by atoms with Crippen molar-refractivity contribution in [2.75, 3.05) is 0 Å². The van der Waals surface area contributed by atoms with Crippen LogP contribution in [0, 0.1) is 80.6 Å². The maximum absolute atomic E-state index is 11.5. The molecule has 316 valence electrons. The molecule has 0 spiro atoms. The van der Waals surface area contributed by atoms with Gasteiger partial charge in [-0.15, -0.1) is 0 Å². The first kappa shape index (κ1) is 60.8. The average molecular weight is 904 g/mol. The second kappa shape index (κ2) is 22.4. The molecule has 0 heterocycles. The molecule has 0 bridgehead atoms. The van der Waals surface area contributed by atoms with Crippen molar-refractivity contribution in [2.24, 2.45) is 43.3 Å². The van der Waals surface area contributed by atoms with Crippen LogP contribution in [-0.2, 0) is 38.4 Å². The summed E-state index contributed by atoms with van der Waals surface area (Å²) in [5.41, 5.74) is -3.21. The fraction of sp³-hybridized carbons (Fsp3) is 0.818. The van der Waals surface area contributed by atoms with E-state index < -0.39 is 43.3 Å². The van der Waals surface area contributed by atoms with E-state index in [0.29, 0.717) is 0 Å². The van der Waals surface area contributed by atoms with Crippen molar-refractivity contribution in [2.45, 2.75) is 192 Å². The summed E-state index contributed by atoms with van der Waals surface area (Å²) >= 11 is 0. The minimum atomic E-state index is -0.402. The minimum absolute atomic E-state index is 0. The average Bonchev–Trinajstić information content (AvgIpc) is 2.85. The van der Waals surface area contributed by atoms with Crippen molar-refractivity contribution >= 4 is 46.3 Å². The maximum Gasteiger partial charge on any atom is 0.145 e. The van der Waals surface area contributed by atoms with Crippen molar-refractivity contribution in [1.82, 2.24) is 0 Å². The molecule has 0 aliphatic carbocycles. The second-order valence-corrected chi connectivity index (χ2v) is 22.1. The first-order chi connectivity index (χ1) is 22.2. The molecule has 0 aromatic carbocycles. The van der Waals surface area contributed by atoms with E-state index in [9.17, 15) is 38.4 Å². The van der Waals surface area contributed by atoms with Gasteiger partial charge >= 0.3 is 0 Å². The quantitative estimate of drug-likeness (QED) is 0.220. The normalized spacial score (nSPS) is 12.5. The van der Waals surface area contributed by atoms with Crippen LogP contribution in [0.5, 0.6) is 0 Å². The smallest absolute Gasteiger partial charge is 0.145 e. The van der Waals surface area contributed by atoms with Crippen LogP contribution < -0.4 is 0 Å². The molecule has 0 aromatic heterocycles. The van der Waals surface area contributed by atoms with E-state index in [-0.39, 0.29) is 109 Å². The Bertz CT molecular complexity index is 964. The largest absolute Gasteiger partial charge is 0.299 e. The number of hydrogen-bond donors (Lipinski definition) is 0. The van der Waals surface area contributed by atoms with Crippen molar-refractivity contribution < 1.29 is 75.7 Å². The van der Waals surface area contributed by atoms with Gasteiger partial charge < -0.3 is 0 Å². The zero-order chi connectivity index (χ0) is 43.4. The van der Waals surface area contributed by atoms with Gasteiger partial charge in [-0.1, -0.05) is 166 Å². The molecule has 0 fully saturated rings. The van der Waals surface area contributed by atoms with Crippen LogP contribution in [0.1, 0.15) is 192 Å². The van der Waals surface area contributed by atoms with E-state index in [1.54, 1.807) is 0 Å². The van der Waals surface area contributed by atoms with Gasteiger partial charge in [-0.3, -0.25) is 38.4 Å². The van der Waals surface area contributed by atoms with Crippen LogP contribution in [-0.4, -0.2) is 46.3 Å². The van der Waals surface area contributed by atoms with Crippen molar-refractivity contribution in [3.05, 3.63) is 0 Å². The van der Waals surface area contributed by atoms with Crippen LogP contribution in [0.3, 0.4) is 0 Å². The number of ketones is 8. The van der Waals surface area contributed by atoms with Gasteiger partial charge in [-0.05, 0) is 0 Å². The molecule has 0 aliphatic heterocycles. The van der Waals surface area contributed by atoms with Crippen molar-refractivity contribution in [1.29, 1.82) is 0 Å². The number of Topliss-reactive ketones (excluding diaryl/α,β-unsaturated/α-hetero) is 8. The maximum atomic E-state index is 11.5. The number of carbonyl (C=O) groups excluding carboxylic acids is 8. The summed E-state index contributed by atoms with van der Waals surface area (Å²) in [6, 6.07) is 0. The first-order valence-electron chi connectivity index (χ1n) is 18.5. The van der Waals surface area contributed by atoms with Gasteiger partial charge in [0.25, 0.3) is 0 Å². The Morgan fingerprint density at radius 1 is 0.208 bits per heavy atom. The Hall–Kier alpha value is -1.39. The molecule has 0 aromatic rings. The molecule has 8 nitrogen and oxygen atoms in total. The topological polar surface area (TPSA) is 137 Å². The minimum Gasteiger partial charge on any atom is -0.299 e. The Morgan fingerprint density at radius 2 is 0.264 bits per heavy atom. The Balaban J connectivity index is -0.000000192. The van der Waals surface area contributed by atoms with Gasteiger partial charge in [0.1, 0.15) is 46.3 Å². The second-order valence-electron chi connectivity index (χ2n) is 22.1. The number of carbonyl (C=O) groups is 8. The summed E-state index contributed by atoms with van der Waals surface area (Å²) < 4.78 is 0. The van der Waals surface area contributed by atoms with E-state index >= 15 is 0 Å². The van der Waals surface area contributed by atoms with Gasteiger partial charge in [-0.2, -0.15) is 0 Å². The van der Waals surface area contributed by atoms with Gasteiger partial charge in [-0.25, -0.2) is 0 Å². The summed E-state index contributed by atoms with van der Waals surface area (Å²) in [7, 11) is 0. The van der Waals surface area contributed by atoms with Crippen molar-refractivity contribution in [3.63, 3.8) is 0 Å². The molecule has 0 saturated carbocycles. The van der Waals surface area contributed by atoms with Gasteiger partial charge in [0.05, 0.1) is 25.7 Å². The zero-order valence-corrected chi connectivity index (χ0v) is 40.2. The third-order valence-electron chi connectivity index (χ3n) is 7.98. The van der Waals surface area contributed by atoms with Crippen LogP contribution in [0.15, 0.2) is 0 Å². The molecule has 0 amide bonds. The summed E-state index contributed by atoms with van der Waals surface area (Å²) in [5.74, 6) is 0.166. The van der Waals surface area contributed by atoms with Crippen LogP contribution in [0.4, 0.5) is 0 Å². The zero-order valence-electron chi connectivity index (χ0n) is 38.4. The predicted octanol–water partition coefficient (Wildman–Crippen LogP) is 10.4. The summed E-state index contributed by atoms with van der Waals surface area (Å²) in [4.78, 5) is 92.0. The molecule has 53 heavy (non-hydrogen) atoms. The monoisotopic (exact) mass is 903 g/mol. The molecule has 0 unspecified atom stereocenters. The van der Waals surface area contributed by atoms with E-state index in [1.165, 1.54) is 0 Å². The van der Waals surface area contributed by atoms with Crippen molar-refractivity contribution in [3.8, 4) is 0 Å². The SMILES string of the molecule is CC(C)(C)C(=O)CC(=O)C(C)(C)C.CC(C)(C)C(=O)CC(=O)C(C)(C)C.CC(C)(C)C(=O)CC(=O)C(C)(C)C.CC(C)(C)C(=O)CC(=O)C(C)(C)C.[Er]. The Morgan fingerprint density at radius 3 is 0.302 bits per heavy atom. The van der Waals surface area contributed by atoms with Gasteiger partial charge in [0.2, 0.25) is 0 Å². The standard InChI is InChI=1S/4C11H20O2.Er/c4*1-10(2,3)8(12)7-9(13)11(4,5)6;/h4*7H2,1-6H3;. The fourth-order valence-corrected chi connectivity index (χ4v) is 2.70. The van der Waals surface area contributed by atoms with E-state index in [2.05, 4.69) is 0 Å². The molecule has 0 N–H and O–H groups in total. The molecule has 9 heteroatoms. The van der Waals surface area contributed by atoms with E-state index in [0.717, 1.165) is 0 Å². The third-order valence-corrected chi connectivity index (χ3v) is 7.98. The van der Waals surface area contributed by atoms with Gasteiger partial charge in [0, 0.05) is 80.6 Å². The molecule has 0 radical (unpaired) electrons. The van der Waals surface area contributed by atoms with E-state index in [4.69, 9.17) is 0 Å². The number of rotatable bonds is 8. The summed E-state index contributed by atoms with van der Waals surface area (Å²) in [6.45, 7) is 44.1. The molecule has 0 saturated heterocycles. The molecular weight excluding hydrogens is 824 g/mol. The first-order valence-corrected chi connectivity index (χ1v) is 18.5. The number of hydrogen-bond acceptors (Lipinski definition) is 8. The van der Waals surface area contributed by atoms with E-state index in [1.807, 2.05) is 166 Å². The predicted molar refractivity (Wildman–Crippen MR) is 214 cm³/mol. The van der Waals surface area contributed by atoms with Crippen LogP contribution in [0.2, 0.25) is 0 Å². The van der Waals surface area contributed by atoms with Gasteiger partial charge in [0.15, 0.2) is 0 Å².